The predicted molar refractivity (Wildman–Crippen MR) is 61.0 cm³/mol. The molecular formula is C12H17NO3. The van der Waals surface area contributed by atoms with Crippen LogP contribution in [0.5, 0.6) is 0 Å². The average molecular weight is 223 g/mol. The number of carbonyl (C=O) groups is 1. The summed E-state index contributed by atoms with van der Waals surface area (Å²) in [6.45, 7) is 3.39. The van der Waals surface area contributed by atoms with Gasteiger partial charge in [-0.05, 0) is 19.4 Å². The average Bonchev–Trinajstić information content (AvgIpc) is 2.26. The Morgan fingerprint density at radius 2 is 2.00 bits per heavy atom. The highest BCUT2D eigenvalue weighted by Gasteiger charge is 2.14. The Morgan fingerprint density at radius 1 is 1.38 bits per heavy atom. The predicted octanol–water partition coefficient (Wildman–Crippen LogP) is 1.85. The summed E-state index contributed by atoms with van der Waals surface area (Å²) in [5.41, 5.74) is 0.853. The highest BCUT2D eigenvalue weighted by molar-refractivity contribution is 5.68. The van der Waals surface area contributed by atoms with Crippen LogP contribution in [-0.2, 0) is 4.74 Å². The third-order valence-electron chi connectivity index (χ3n) is 2.02. The van der Waals surface area contributed by atoms with Crippen molar-refractivity contribution < 1.29 is 14.6 Å². The fraction of sp³-hybridized carbons (Fsp3) is 0.417. The van der Waals surface area contributed by atoms with Crippen LogP contribution in [0.2, 0.25) is 0 Å². The molecule has 0 fully saturated rings. The van der Waals surface area contributed by atoms with E-state index in [9.17, 15) is 9.90 Å². The van der Waals surface area contributed by atoms with E-state index in [1.165, 1.54) is 0 Å². The molecule has 88 valence electrons. The zero-order valence-corrected chi connectivity index (χ0v) is 9.51. The van der Waals surface area contributed by atoms with Crippen molar-refractivity contribution in [1.29, 1.82) is 0 Å². The van der Waals surface area contributed by atoms with Crippen molar-refractivity contribution >= 4 is 6.09 Å². The molecule has 4 heteroatoms. The number of amides is 1. The van der Waals surface area contributed by atoms with E-state index in [0.717, 1.165) is 5.56 Å². The molecule has 1 atom stereocenters. The molecule has 0 aliphatic rings. The minimum Gasteiger partial charge on any atom is -0.447 e. The number of benzene rings is 1. The second-order valence-corrected chi connectivity index (χ2v) is 3.74. The normalized spacial score (nSPS) is 12.2. The Balaban J connectivity index is 2.59. The molecular weight excluding hydrogens is 206 g/mol. The number of hydrogen-bond acceptors (Lipinski definition) is 3. The summed E-state index contributed by atoms with van der Waals surface area (Å²) < 4.78 is 4.94. The lowest BCUT2D eigenvalue weighted by Gasteiger charge is -2.17. The maximum atomic E-state index is 11.4. The van der Waals surface area contributed by atoms with Crippen molar-refractivity contribution in [2.24, 2.45) is 0 Å². The third kappa shape index (κ3) is 3.90. The van der Waals surface area contributed by atoms with Gasteiger partial charge in [-0.3, -0.25) is 0 Å². The standard InChI is InChI=1S/C12H17NO3/c1-9(2)16-12(15)13-11(8-14)10-6-4-3-5-7-10/h3-7,9,11,14H,8H2,1-2H3,(H,13,15). The lowest BCUT2D eigenvalue weighted by atomic mass is 10.1. The number of aliphatic hydroxyl groups is 1. The minimum atomic E-state index is -0.516. The van der Waals surface area contributed by atoms with Gasteiger partial charge < -0.3 is 15.2 Å². The zero-order chi connectivity index (χ0) is 12.0. The van der Waals surface area contributed by atoms with Gasteiger partial charge in [0.05, 0.1) is 18.8 Å². The SMILES string of the molecule is CC(C)OC(=O)NC(CO)c1ccccc1. The topological polar surface area (TPSA) is 58.6 Å². The monoisotopic (exact) mass is 223 g/mol. The van der Waals surface area contributed by atoms with Gasteiger partial charge >= 0.3 is 6.09 Å². The first-order valence-corrected chi connectivity index (χ1v) is 5.26. The summed E-state index contributed by atoms with van der Waals surface area (Å²) in [6, 6.07) is 8.85. The van der Waals surface area contributed by atoms with Crippen molar-refractivity contribution in [3.63, 3.8) is 0 Å². The molecule has 1 rings (SSSR count). The fourth-order valence-corrected chi connectivity index (χ4v) is 1.31. The van der Waals surface area contributed by atoms with E-state index < -0.39 is 12.1 Å². The molecule has 0 saturated heterocycles. The number of ether oxygens (including phenoxy) is 1. The van der Waals surface area contributed by atoms with Gasteiger partial charge in [0.1, 0.15) is 0 Å². The molecule has 0 aromatic heterocycles. The molecule has 0 heterocycles. The fourth-order valence-electron chi connectivity index (χ4n) is 1.31. The molecule has 2 N–H and O–H groups in total. The van der Waals surface area contributed by atoms with Gasteiger partial charge in [-0.25, -0.2) is 4.79 Å². The second-order valence-electron chi connectivity index (χ2n) is 3.74. The molecule has 1 aromatic carbocycles. The molecule has 0 aliphatic carbocycles. The molecule has 0 spiro atoms. The first-order valence-electron chi connectivity index (χ1n) is 5.26. The Morgan fingerprint density at radius 3 is 2.50 bits per heavy atom. The molecule has 0 bridgehead atoms. The number of nitrogens with one attached hydrogen (secondary N) is 1. The Bertz CT molecular complexity index is 324. The highest BCUT2D eigenvalue weighted by atomic mass is 16.6. The summed E-state index contributed by atoms with van der Waals surface area (Å²) in [5.74, 6) is 0. The smallest absolute Gasteiger partial charge is 0.407 e. The van der Waals surface area contributed by atoms with Gasteiger partial charge in [-0.2, -0.15) is 0 Å². The second kappa shape index (κ2) is 6.12. The van der Waals surface area contributed by atoms with Gasteiger partial charge in [0.25, 0.3) is 0 Å². The van der Waals surface area contributed by atoms with Gasteiger partial charge in [-0.1, -0.05) is 30.3 Å². The molecule has 0 saturated carbocycles. The number of hydrogen-bond donors (Lipinski definition) is 2. The van der Waals surface area contributed by atoms with E-state index in [1.54, 1.807) is 13.8 Å². The number of aliphatic hydroxyl groups excluding tert-OH is 1. The summed E-state index contributed by atoms with van der Waals surface area (Å²) in [7, 11) is 0. The minimum absolute atomic E-state index is 0.156. The van der Waals surface area contributed by atoms with Crippen molar-refractivity contribution in [2.45, 2.75) is 26.0 Å². The number of carbonyl (C=O) groups excluding carboxylic acids is 1. The molecule has 0 aliphatic heterocycles. The van der Waals surface area contributed by atoms with E-state index in [4.69, 9.17) is 4.74 Å². The van der Waals surface area contributed by atoms with Gasteiger partial charge in [0, 0.05) is 0 Å². The van der Waals surface area contributed by atoms with Crippen molar-refractivity contribution in [3.05, 3.63) is 35.9 Å². The van der Waals surface area contributed by atoms with Crippen LogP contribution in [0.25, 0.3) is 0 Å². The first kappa shape index (κ1) is 12.5. The number of alkyl carbamates (subject to hydrolysis) is 1. The van der Waals surface area contributed by atoms with E-state index in [-0.39, 0.29) is 12.7 Å². The van der Waals surface area contributed by atoms with Crippen LogP contribution >= 0.6 is 0 Å². The lowest BCUT2D eigenvalue weighted by molar-refractivity contribution is 0.107. The Kier molecular flexibility index (Phi) is 4.79. The van der Waals surface area contributed by atoms with E-state index in [0.29, 0.717) is 0 Å². The largest absolute Gasteiger partial charge is 0.447 e. The summed E-state index contributed by atoms with van der Waals surface area (Å²) in [4.78, 5) is 11.4. The van der Waals surface area contributed by atoms with Crippen LogP contribution in [0.15, 0.2) is 30.3 Å². The lowest BCUT2D eigenvalue weighted by Crippen LogP contribution is -2.32. The van der Waals surface area contributed by atoms with Crippen molar-refractivity contribution in [1.82, 2.24) is 5.32 Å². The van der Waals surface area contributed by atoms with Crippen molar-refractivity contribution in [3.8, 4) is 0 Å². The maximum absolute atomic E-state index is 11.4. The Labute approximate surface area is 95.2 Å². The van der Waals surface area contributed by atoms with Crippen LogP contribution in [0.3, 0.4) is 0 Å². The summed E-state index contributed by atoms with van der Waals surface area (Å²) in [5, 5.41) is 11.8. The van der Waals surface area contributed by atoms with Gasteiger partial charge in [0.2, 0.25) is 0 Å². The van der Waals surface area contributed by atoms with Crippen LogP contribution in [0, 0.1) is 0 Å². The quantitative estimate of drug-likeness (QED) is 0.819. The number of rotatable bonds is 4. The van der Waals surface area contributed by atoms with Gasteiger partial charge in [0.15, 0.2) is 0 Å². The third-order valence-corrected chi connectivity index (χ3v) is 2.02. The van der Waals surface area contributed by atoms with Crippen LogP contribution in [0.4, 0.5) is 4.79 Å². The summed E-state index contributed by atoms with van der Waals surface area (Å²) >= 11 is 0. The molecule has 1 unspecified atom stereocenters. The molecule has 1 amide bonds. The van der Waals surface area contributed by atoms with E-state index >= 15 is 0 Å². The van der Waals surface area contributed by atoms with E-state index in [2.05, 4.69) is 5.32 Å². The first-order chi connectivity index (χ1) is 7.63. The maximum Gasteiger partial charge on any atom is 0.407 e. The van der Waals surface area contributed by atoms with Crippen LogP contribution in [-0.4, -0.2) is 23.9 Å². The highest BCUT2D eigenvalue weighted by Crippen LogP contribution is 2.11. The van der Waals surface area contributed by atoms with E-state index in [1.807, 2.05) is 30.3 Å². The van der Waals surface area contributed by atoms with Crippen LogP contribution in [0.1, 0.15) is 25.5 Å². The van der Waals surface area contributed by atoms with Gasteiger partial charge in [-0.15, -0.1) is 0 Å². The van der Waals surface area contributed by atoms with Crippen LogP contribution < -0.4 is 5.32 Å². The molecule has 4 nitrogen and oxygen atoms in total. The van der Waals surface area contributed by atoms with Crippen molar-refractivity contribution in [2.75, 3.05) is 6.61 Å². The summed E-state index contributed by atoms with van der Waals surface area (Å²) in [6.07, 6.45) is -0.687. The molecule has 16 heavy (non-hydrogen) atoms. The Hall–Kier alpha value is -1.55. The molecule has 0 radical (unpaired) electrons. The zero-order valence-electron chi connectivity index (χ0n) is 9.51. The molecule has 1 aromatic rings.